The lowest BCUT2D eigenvalue weighted by Gasteiger charge is -2.11. The first kappa shape index (κ1) is 13.3. The third kappa shape index (κ3) is 3.21. The molecule has 1 aromatic rings. The molecule has 0 spiro atoms. The number of rotatable bonds is 5. The van der Waals surface area contributed by atoms with Crippen LogP contribution in [-0.4, -0.2) is 17.4 Å². The summed E-state index contributed by atoms with van der Waals surface area (Å²) in [4.78, 5) is 22.1. The molecule has 1 amide bonds. The topological polar surface area (TPSA) is 98.3 Å². The van der Waals surface area contributed by atoms with Crippen molar-refractivity contribution in [2.75, 3.05) is 12.3 Å². The number of nitro groups is 1. The van der Waals surface area contributed by atoms with Crippen molar-refractivity contribution in [1.29, 1.82) is 0 Å². The highest BCUT2D eigenvalue weighted by Gasteiger charge is 2.28. The molecular weight excluding hydrogens is 246 g/mol. The second-order valence-electron chi connectivity index (χ2n) is 5.06. The number of carbonyl (C=O) groups is 1. The summed E-state index contributed by atoms with van der Waals surface area (Å²) in [6.07, 6.45) is 2.45. The lowest BCUT2D eigenvalue weighted by Crippen LogP contribution is -2.29. The number of hydrogen-bond acceptors (Lipinski definition) is 4. The number of nitrogens with zero attached hydrogens (tertiary/aromatic N) is 1. The van der Waals surface area contributed by atoms with E-state index in [9.17, 15) is 14.9 Å². The van der Waals surface area contributed by atoms with Gasteiger partial charge >= 0.3 is 0 Å². The van der Waals surface area contributed by atoms with Crippen molar-refractivity contribution in [2.24, 2.45) is 11.8 Å². The Kier molecular flexibility index (Phi) is 3.69. The SMILES string of the molecule is CC(CNC(=O)c1ccc(N)c([N+](=O)[O-])c1)C1CC1. The summed E-state index contributed by atoms with van der Waals surface area (Å²) < 4.78 is 0. The molecule has 19 heavy (non-hydrogen) atoms. The maximum atomic E-state index is 11.9. The zero-order valence-corrected chi connectivity index (χ0v) is 10.8. The second kappa shape index (κ2) is 5.26. The van der Waals surface area contributed by atoms with Gasteiger partial charge in [0, 0.05) is 18.2 Å². The number of benzene rings is 1. The van der Waals surface area contributed by atoms with E-state index in [1.807, 2.05) is 0 Å². The van der Waals surface area contributed by atoms with E-state index in [0.717, 1.165) is 0 Å². The fourth-order valence-electron chi connectivity index (χ4n) is 2.03. The van der Waals surface area contributed by atoms with Crippen LogP contribution in [-0.2, 0) is 0 Å². The summed E-state index contributed by atoms with van der Waals surface area (Å²) >= 11 is 0. The third-order valence-corrected chi connectivity index (χ3v) is 3.50. The van der Waals surface area contributed by atoms with E-state index in [4.69, 9.17) is 5.73 Å². The molecule has 2 rings (SSSR count). The van der Waals surface area contributed by atoms with Crippen LogP contribution in [0.15, 0.2) is 18.2 Å². The molecule has 102 valence electrons. The Morgan fingerprint density at radius 2 is 2.26 bits per heavy atom. The van der Waals surface area contributed by atoms with E-state index in [1.165, 1.54) is 31.0 Å². The molecule has 1 aliphatic carbocycles. The minimum absolute atomic E-state index is 0.0629. The molecule has 1 fully saturated rings. The lowest BCUT2D eigenvalue weighted by atomic mass is 10.1. The monoisotopic (exact) mass is 263 g/mol. The normalized spacial score (nSPS) is 15.8. The standard InChI is InChI=1S/C13H17N3O3/c1-8(9-2-3-9)7-15-13(17)10-4-5-11(14)12(6-10)16(18)19/h4-6,8-9H,2-3,7,14H2,1H3,(H,15,17). The first-order valence-corrected chi connectivity index (χ1v) is 6.31. The first-order valence-electron chi connectivity index (χ1n) is 6.31. The molecule has 1 unspecified atom stereocenters. The van der Waals surface area contributed by atoms with Gasteiger partial charge < -0.3 is 11.1 Å². The quantitative estimate of drug-likeness (QED) is 0.482. The number of carbonyl (C=O) groups excluding carboxylic acids is 1. The summed E-state index contributed by atoms with van der Waals surface area (Å²) in [6.45, 7) is 2.70. The van der Waals surface area contributed by atoms with Crippen molar-refractivity contribution < 1.29 is 9.72 Å². The van der Waals surface area contributed by atoms with Crippen molar-refractivity contribution >= 4 is 17.3 Å². The smallest absolute Gasteiger partial charge is 0.292 e. The molecule has 1 saturated carbocycles. The minimum Gasteiger partial charge on any atom is -0.393 e. The van der Waals surface area contributed by atoms with E-state index in [0.29, 0.717) is 18.4 Å². The molecule has 6 nitrogen and oxygen atoms in total. The number of anilines is 1. The van der Waals surface area contributed by atoms with Gasteiger partial charge in [-0.1, -0.05) is 6.92 Å². The highest BCUT2D eigenvalue weighted by Crippen LogP contribution is 2.36. The van der Waals surface area contributed by atoms with Gasteiger partial charge in [0.1, 0.15) is 5.69 Å². The number of nitrogens with one attached hydrogen (secondary N) is 1. The van der Waals surface area contributed by atoms with Crippen LogP contribution in [0.25, 0.3) is 0 Å². The predicted molar refractivity (Wildman–Crippen MR) is 71.7 cm³/mol. The van der Waals surface area contributed by atoms with Gasteiger partial charge in [-0.3, -0.25) is 14.9 Å². The van der Waals surface area contributed by atoms with E-state index < -0.39 is 4.92 Å². The molecule has 0 heterocycles. The molecule has 0 aliphatic heterocycles. The van der Waals surface area contributed by atoms with Gasteiger partial charge in [-0.25, -0.2) is 0 Å². The van der Waals surface area contributed by atoms with Crippen LogP contribution in [0.1, 0.15) is 30.1 Å². The molecule has 0 aromatic heterocycles. The van der Waals surface area contributed by atoms with Crippen molar-refractivity contribution in [3.05, 3.63) is 33.9 Å². The molecule has 0 radical (unpaired) electrons. The molecule has 1 atom stereocenters. The Hall–Kier alpha value is -2.11. The lowest BCUT2D eigenvalue weighted by molar-refractivity contribution is -0.383. The third-order valence-electron chi connectivity index (χ3n) is 3.50. The molecular formula is C13H17N3O3. The maximum Gasteiger partial charge on any atom is 0.292 e. The largest absolute Gasteiger partial charge is 0.393 e. The van der Waals surface area contributed by atoms with Gasteiger partial charge in [0.25, 0.3) is 11.6 Å². The van der Waals surface area contributed by atoms with Crippen LogP contribution in [0, 0.1) is 22.0 Å². The average molecular weight is 263 g/mol. The van der Waals surface area contributed by atoms with Gasteiger partial charge in [0.2, 0.25) is 0 Å². The summed E-state index contributed by atoms with van der Waals surface area (Å²) in [5.74, 6) is 0.865. The highest BCUT2D eigenvalue weighted by molar-refractivity contribution is 5.95. The molecule has 0 bridgehead atoms. The molecule has 1 aromatic carbocycles. The molecule has 6 heteroatoms. The van der Waals surface area contributed by atoms with E-state index >= 15 is 0 Å². The Labute approximate surface area is 111 Å². The first-order chi connectivity index (χ1) is 8.99. The second-order valence-corrected chi connectivity index (χ2v) is 5.06. The molecule has 1 aliphatic rings. The van der Waals surface area contributed by atoms with Crippen molar-refractivity contribution in [3.8, 4) is 0 Å². The van der Waals surface area contributed by atoms with Gasteiger partial charge in [-0.05, 0) is 36.8 Å². The Balaban J connectivity index is 2.02. The van der Waals surface area contributed by atoms with Crippen LogP contribution in [0.2, 0.25) is 0 Å². The number of nitrogens with two attached hydrogens (primary N) is 1. The van der Waals surface area contributed by atoms with Crippen LogP contribution < -0.4 is 11.1 Å². The Morgan fingerprint density at radius 1 is 1.58 bits per heavy atom. The zero-order valence-electron chi connectivity index (χ0n) is 10.8. The van der Waals surface area contributed by atoms with Gasteiger partial charge in [-0.15, -0.1) is 0 Å². The number of amides is 1. The summed E-state index contributed by atoms with van der Waals surface area (Å²) in [5.41, 5.74) is 5.58. The van der Waals surface area contributed by atoms with Crippen LogP contribution in [0.3, 0.4) is 0 Å². The van der Waals surface area contributed by atoms with Crippen molar-refractivity contribution in [1.82, 2.24) is 5.32 Å². The van der Waals surface area contributed by atoms with Crippen LogP contribution in [0.4, 0.5) is 11.4 Å². The number of nitro benzene ring substituents is 1. The van der Waals surface area contributed by atoms with E-state index in [1.54, 1.807) is 0 Å². The molecule has 0 saturated heterocycles. The number of hydrogen-bond donors (Lipinski definition) is 2. The van der Waals surface area contributed by atoms with E-state index in [-0.39, 0.29) is 22.8 Å². The van der Waals surface area contributed by atoms with Crippen molar-refractivity contribution in [2.45, 2.75) is 19.8 Å². The summed E-state index contributed by atoms with van der Waals surface area (Å²) in [5, 5.41) is 13.6. The van der Waals surface area contributed by atoms with Gasteiger partial charge in [0.15, 0.2) is 0 Å². The fraction of sp³-hybridized carbons (Fsp3) is 0.462. The fourth-order valence-corrected chi connectivity index (χ4v) is 2.03. The predicted octanol–water partition coefficient (Wildman–Crippen LogP) is 1.95. The zero-order chi connectivity index (χ0) is 14.0. The maximum absolute atomic E-state index is 11.9. The average Bonchev–Trinajstić information content (AvgIpc) is 3.20. The number of nitrogen functional groups attached to an aromatic ring is 1. The van der Waals surface area contributed by atoms with Gasteiger partial charge in [0.05, 0.1) is 4.92 Å². The summed E-state index contributed by atoms with van der Waals surface area (Å²) in [6, 6.07) is 4.10. The molecule has 3 N–H and O–H groups in total. The van der Waals surface area contributed by atoms with Crippen molar-refractivity contribution in [3.63, 3.8) is 0 Å². The van der Waals surface area contributed by atoms with Gasteiger partial charge in [-0.2, -0.15) is 0 Å². The summed E-state index contributed by atoms with van der Waals surface area (Å²) in [7, 11) is 0. The Bertz CT molecular complexity index is 512. The highest BCUT2D eigenvalue weighted by atomic mass is 16.6. The minimum atomic E-state index is -0.584. The van der Waals surface area contributed by atoms with Crippen LogP contribution >= 0.6 is 0 Å². The van der Waals surface area contributed by atoms with Crippen LogP contribution in [0.5, 0.6) is 0 Å². The van der Waals surface area contributed by atoms with E-state index in [2.05, 4.69) is 12.2 Å². The Morgan fingerprint density at radius 3 is 2.84 bits per heavy atom.